The minimum Gasteiger partial charge on any atom is -0.443 e. The van der Waals surface area contributed by atoms with Crippen molar-refractivity contribution >= 4 is 23.3 Å². The van der Waals surface area contributed by atoms with Crippen LogP contribution in [0.4, 0.5) is 9.18 Å². The summed E-state index contributed by atoms with van der Waals surface area (Å²) in [7, 11) is 0. The van der Waals surface area contributed by atoms with Gasteiger partial charge in [0.2, 0.25) is 5.95 Å². The fraction of sp³-hybridized carbons (Fsp3) is 0.364. The first-order valence-electron chi connectivity index (χ1n) is 5.19. The maximum absolute atomic E-state index is 12.6. The van der Waals surface area contributed by atoms with Gasteiger partial charge in [-0.2, -0.15) is 4.39 Å². The van der Waals surface area contributed by atoms with Crippen LogP contribution in [0.15, 0.2) is 18.3 Å². The molecule has 7 heteroatoms. The summed E-state index contributed by atoms with van der Waals surface area (Å²) in [6.45, 7) is 5.23. The van der Waals surface area contributed by atoms with Gasteiger partial charge in [-0.15, -0.1) is 0 Å². The highest BCUT2D eigenvalue weighted by Gasteiger charge is 2.16. The molecule has 0 atom stereocenters. The number of hydrogen-bond acceptors (Lipinski definition) is 4. The predicted molar refractivity (Wildman–Crippen MR) is 68.4 cm³/mol. The summed E-state index contributed by atoms with van der Waals surface area (Å²) < 4.78 is 17.6. The Labute approximate surface area is 110 Å². The standard InChI is InChI=1S/C11H14FN3O2S/c1-11(2,3)17-10(16)15-14-9(18)7-4-5-8(12)13-6-7/h4-6H,1-3H3,(H,14,18)(H,15,16). The van der Waals surface area contributed by atoms with Crippen LogP contribution in [-0.2, 0) is 4.74 Å². The van der Waals surface area contributed by atoms with Crippen molar-refractivity contribution < 1.29 is 13.9 Å². The van der Waals surface area contributed by atoms with Gasteiger partial charge < -0.3 is 4.74 Å². The van der Waals surface area contributed by atoms with E-state index in [0.29, 0.717) is 5.56 Å². The van der Waals surface area contributed by atoms with Crippen LogP contribution in [0.25, 0.3) is 0 Å². The fourth-order valence-electron chi connectivity index (χ4n) is 0.994. The third-order valence-electron chi connectivity index (χ3n) is 1.67. The first-order valence-corrected chi connectivity index (χ1v) is 5.59. The van der Waals surface area contributed by atoms with E-state index in [1.165, 1.54) is 18.3 Å². The van der Waals surface area contributed by atoms with Gasteiger partial charge >= 0.3 is 6.09 Å². The number of nitrogens with one attached hydrogen (secondary N) is 2. The summed E-state index contributed by atoms with van der Waals surface area (Å²) in [6.07, 6.45) is 0.612. The number of halogens is 1. The molecule has 0 aromatic carbocycles. The lowest BCUT2D eigenvalue weighted by Crippen LogP contribution is -2.43. The monoisotopic (exact) mass is 271 g/mol. The van der Waals surface area contributed by atoms with E-state index in [-0.39, 0.29) is 4.99 Å². The summed E-state index contributed by atoms with van der Waals surface area (Å²) in [4.78, 5) is 15.0. The van der Waals surface area contributed by atoms with Crippen LogP contribution in [-0.4, -0.2) is 21.7 Å². The van der Waals surface area contributed by atoms with Crippen molar-refractivity contribution in [3.8, 4) is 0 Å². The number of carbonyl (C=O) groups is 1. The molecule has 0 bridgehead atoms. The van der Waals surface area contributed by atoms with Crippen molar-refractivity contribution in [2.75, 3.05) is 0 Å². The minimum atomic E-state index is -0.653. The number of carbonyl (C=O) groups excluding carboxylic acids is 1. The molecular weight excluding hydrogens is 257 g/mol. The van der Waals surface area contributed by atoms with Gasteiger partial charge in [0.15, 0.2) is 0 Å². The molecule has 18 heavy (non-hydrogen) atoms. The molecule has 0 fully saturated rings. The number of hydrogen-bond donors (Lipinski definition) is 2. The van der Waals surface area contributed by atoms with Crippen molar-refractivity contribution in [2.24, 2.45) is 0 Å². The molecule has 0 saturated heterocycles. The molecule has 0 aliphatic carbocycles. The Hall–Kier alpha value is -1.76. The molecule has 1 heterocycles. The topological polar surface area (TPSA) is 63.2 Å². The summed E-state index contributed by atoms with van der Waals surface area (Å²) in [6, 6.07) is 2.63. The highest BCUT2D eigenvalue weighted by molar-refractivity contribution is 7.80. The molecule has 1 aromatic rings. The second-order valence-electron chi connectivity index (χ2n) is 4.45. The van der Waals surface area contributed by atoms with Crippen LogP contribution in [0.5, 0.6) is 0 Å². The molecular formula is C11H14FN3O2S. The highest BCUT2D eigenvalue weighted by Crippen LogP contribution is 2.06. The maximum Gasteiger partial charge on any atom is 0.426 e. The van der Waals surface area contributed by atoms with Gasteiger partial charge in [-0.25, -0.2) is 15.2 Å². The zero-order valence-corrected chi connectivity index (χ0v) is 11.1. The van der Waals surface area contributed by atoms with Gasteiger partial charge in [0, 0.05) is 11.8 Å². The van der Waals surface area contributed by atoms with Crippen molar-refractivity contribution in [1.29, 1.82) is 0 Å². The van der Waals surface area contributed by atoms with Crippen LogP contribution < -0.4 is 10.9 Å². The number of rotatable bonds is 1. The Morgan fingerprint density at radius 2 is 2.06 bits per heavy atom. The molecule has 1 aromatic heterocycles. The van der Waals surface area contributed by atoms with E-state index in [9.17, 15) is 9.18 Å². The summed E-state index contributed by atoms with van der Waals surface area (Å²) in [5.41, 5.74) is 4.66. The molecule has 1 rings (SSSR count). The van der Waals surface area contributed by atoms with Crippen LogP contribution >= 0.6 is 12.2 Å². The van der Waals surface area contributed by atoms with E-state index in [2.05, 4.69) is 15.8 Å². The molecule has 0 aliphatic rings. The first kappa shape index (κ1) is 14.3. The SMILES string of the molecule is CC(C)(C)OC(=O)NNC(=S)c1ccc(F)nc1. The Morgan fingerprint density at radius 3 is 2.56 bits per heavy atom. The number of pyridine rings is 1. The van der Waals surface area contributed by atoms with Crippen molar-refractivity contribution in [2.45, 2.75) is 26.4 Å². The van der Waals surface area contributed by atoms with E-state index in [4.69, 9.17) is 17.0 Å². The molecule has 5 nitrogen and oxygen atoms in total. The smallest absolute Gasteiger partial charge is 0.426 e. The molecule has 0 aliphatic heterocycles. The van der Waals surface area contributed by atoms with E-state index in [1.807, 2.05) is 0 Å². The van der Waals surface area contributed by atoms with Crippen molar-refractivity contribution in [3.63, 3.8) is 0 Å². The van der Waals surface area contributed by atoms with E-state index < -0.39 is 17.6 Å². The van der Waals surface area contributed by atoms with E-state index in [0.717, 1.165) is 0 Å². The zero-order valence-electron chi connectivity index (χ0n) is 10.3. The third-order valence-corrected chi connectivity index (χ3v) is 2.00. The lowest BCUT2D eigenvalue weighted by atomic mass is 10.2. The number of thiocarbonyl (C=S) groups is 1. The third kappa shape index (κ3) is 5.05. The number of nitrogens with zero attached hydrogens (tertiary/aromatic N) is 1. The lowest BCUT2D eigenvalue weighted by molar-refractivity contribution is 0.0513. The zero-order chi connectivity index (χ0) is 13.8. The second kappa shape index (κ2) is 5.72. The summed E-state index contributed by atoms with van der Waals surface area (Å²) in [5, 5.41) is 0. The molecule has 0 unspecified atom stereocenters. The number of hydrazine groups is 1. The number of aromatic nitrogens is 1. The van der Waals surface area contributed by atoms with Gasteiger partial charge in [-0.3, -0.25) is 5.43 Å². The second-order valence-corrected chi connectivity index (χ2v) is 4.86. The average molecular weight is 271 g/mol. The van der Waals surface area contributed by atoms with Crippen molar-refractivity contribution in [3.05, 3.63) is 29.8 Å². The molecule has 0 saturated carbocycles. The Bertz CT molecular complexity index is 443. The lowest BCUT2D eigenvalue weighted by Gasteiger charge is -2.20. The average Bonchev–Trinajstić information content (AvgIpc) is 2.24. The van der Waals surface area contributed by atoms with Crippen LogP contribution in [0, 0.1) is 5.95 Å². The Morgan fingerprint density at radius 1 is 1.39 bits per heavy atom. The molecule has 98 valence electrons. The maximum atomic E-state index is 12.6. The normalized spacial score (nSPS) is 10.7. The summed E-state index contributed by atoms with van der Waals surface area (Å²) >= 11 is 4.98. The Kier molecular flexibility index (Phi) is 4.55. The number of amides is 1. The van der Waals surface area contributed by atoms with Crippen molar-refractivity contribution in [1.82, 2.24) is 15.8 Å². The molecule has 1 amide bonds. The quantitative estimate of drug-likeness (QED) is 0.464. The van der Waals surface area contributed by atoms with Gasteiger partial charge in [0.1, 0.15) is 10.6 Å². The van der Waals surface area contributed by atoms with Gasteiger partial charge in [0.25, 0.3) is 0 Å². The Balaban J connectivity index is 2.47. The molecule has 0 radical (unpaired) electrons. The van der Waals surface area contributed by atoms with Crippen LogP contribution in [0.3, 0.4) is 0 Å². The van der Waals surface area contributed by atoms with Gasteiger partial charge in [-0.1, -0.05) is 12.2 Å². The number of ether oxygens (including phenoxy) is 1. The van der Waals surface area contributed by atoms with Crippen LogP contribution in [0.1, 0.15) is 26.3 Å². The largest absolute Gasteiger partial charge is 0.443 e. The van der Waals surface area contributed by atoms with Crippen LogP contribution in [0.2, 0.25) is 0 Å². The first-order chi connectivity index (χ1) is 8.28. The highest BCUT2D eigenvalue weighted by atomic mass is 32.1. The van der Waals surface area contributed by atoms with E-state index in [1.54, 1.807) is 20.8 Å². The minimum absolute atomic E-state index is 0.216. The fourth-order valence-corrected chi connectivity index (χ4v) is 1.17. The van der Waals surface area contributed by atoms with Gasteiger partial charge in [-0.05, 0) is 32.9 Å². The predicted octanol–water partition coefficient (Wildman–Crippen LogP) is 1.93. The van der Waals surface area contributed by atoms with Gasteiger partial charge in [0.05, 0.1) is 0 Å². The summed E-state index contributed by atoms with van der Waals surface area (Å²) in [5.74, 6) is -0.596. The molecule has 0 spiro atoms. The molecule has 2 N–H and O–H groups in total. The van der Waals surface area contributed by atoms with E-state index >= 15 is 0 Å².